The third kappa shape index (κ3) is 3.31. The fraction of sp³-hybridized carbons (Fsp3) is 0.600. The smallest absolute Gasteiger partial charge is 0.185 e. The molecule has 0 saturated carbocycles. The van der Waals surface area contributed by atoms with Gasteiger partial charge in [0.15, 0.2) is 5.13 Å². The second-order valence-corrected chi connectivity index (χ2v) is 6.35. The Hall–Kier alpha value is -1.44. The molecular formula is C15H22N4O2S. The number of imidazole rings is 1. The van der Waals surface area contributed by atoms with Gasteiger partial charge in [-0.1, -0.05) is 0 Å². The summed E-state index contributed by atoms with van der Waals surface area (Å²) in [6.07, 6.45) is 6.08. The highest BCUT2D eigenvalue weighted by molar-refractivity contribution is 7.13. The monoisotopic (exact) mass is 322 g/mol. The maximum absolute atomic E-state index is 9.12. The van der Waals surface area contributed by atoms with E-state index in [1.165, 1.54) is 5.82 Å². The molecule has 120 valence electrons. The zero-order valence-corrected chi connectivity index (χ0v) is 13.6. The molecule has 0 atom stereocenters. The summed E-state index contributed by atoms with van der Waals surface area (Å²) in [5.41, 5.74) is 0.761. The van der Waals surface area contributed by atoms with Gasteiger partial charge in [-0.15, -0.1) is 11.3 Å². The minimum absolute atomic E-state index is 0.0178. The van der Waals surface area contributed by atoms with Gasteiger partial charge in [-0.05, 0) is 12.8 Å². The molecule has 7 heteroatoms. The first kappa shape index (κ1) is 15.5. The molecule has 3 rings (SSSR count). The van der Waals surface area contributed by atoms with E-state index in [1.54, 1.807) is 18.4 Å². The maximum atomic E-state index is 9.12. The lowest BCUT2D eigenvalue weighted by Crippen LogP contribution is -2.33. The van der Waals surface area contributed by atoms with Crippen LogP contribution in [0.25, 0.3) is 0 Å². The van der Waals surface area contributed by atoms with Gasteiger partial charge in [0.1, 0.15) is 5.82 Å². The van der Waals surface area contributed by atoms with Crippen LogP contribution < -0.4 is 4.90 Å². The van der Waals surface area contributed by atoms with Crippen LogP contribution in [0.1, 0.15) is 30.3 Å². The Kier molecular flexibility index (Phi) is 5.07. The SMILES string of the molecule is COCCn1ccnc1C1CCN(c2nc(CO)cs2)CC1. The maximum Gasteiger partial charge on any atom is 0.185 e. The van der Waals surface area contributed by atoms with Gasteiger partial charge >= 0.3 is 0 Å². The quantitative estimate of drug-likeness (QED) is 0.879. The third-order valence-corrected chi connectivity index (χ3v) is 5.07. The lowest BCUT2D eigenvalue weighted by Gasteiger charge is -2.31. The first-order chi connectivity index (χ1) is 10.8. The Morgan fingerprint density at radius 1 is 1.41 bits per heavy atom. The Morgan fingerprint density at radius 3 is 2.91 bits per heavy atom. The van der Waals surface area contributed by atoms with Gasteiger partial charge in [-0.3, -0.25) is 0 Å². The number of hydrogen-bond donors (Lipinski definition) is 1. The van der Waals surface area contributed by atoms with Gasteiger partial charge in [0.25, 0.3) is 0 Å². The van der Waals surface area contributed by atoms with Crippen LogP contribution >= 0.6 is 11.3 Å². The number of nitrogens with zero attached hydrogens (tertiary/aromatic N) is 4. The Balaban J connectivity index is 1.60. The van der Waals surface area contributed by atoms with E-state index < -0.39 is 0 Å². The largest absolute Gasteiger partial charge is 0.390 e. The summed E-state index contributed by atoms with van der Waals surface area (Å²) >= 11 is 1.61. The number of anilines is 1. The van der Waals surface area contributed by atoms with Crippen molar-refractivity contribution in [3.63, 3.8) is 0 Å². The predicted molar refractivity (Wildman–Crippen MR) is 86.3 cm³/mol. The van der Waals surface area contributed by atoms with Crippen LogP contribution in [0.3, 0.4) is 0 Å². The van der Waals surface area contributed by atoms with Crippen molar-refractivity contribution in [1.82, 2.24) is 14.5 Å². The number of hydrogen-bond acceptors (Lipinski definition) is 6. The van der Waals surface area contributed by atoms with Crippen molar-refractivity contribution < 1.29 is 9.84 Å². The normalized spacial score (nSPS) is 16.4. The van der Waals surface area contributed by atoms with Crippen molar-refractivity contribution in [2.24, 2.45) is 0 Å². The molecule has 0 amide bonds. The fourth-order valence-corrected chi connectivity index (χ4v) is 3.77. The van der Waals surface area contributed by atoms with Gasteiger partial charge in [-0.2, -0.15) is 0 Å². The molecule has 2 aromatic rings. The molecule has 1 aliphatic rings. The summed E-state index contributed by atoms with van der Waals surface area (Å²) in [5.74, 6) is 1.67. The number of aromatic nitrogens is 3. The molecule has 6 nitrogen and oxygen atoms in total. The topological polar surface area (TPSA) is 63.4 Å². The summed E-state index contributed by atoms with van der Waals surface area (Å²) in [6, 6.07) is 0. The van der Waals surface area contributed by atoms with Crippen molar-refractivity contribution in [2.45, 2.75) is 31.9 Å². The van der Waals surface area contributed by atoms with Gasteiger partial charge in [-0.25, -0.2) is 9.97 Å². The predicted octanol–water partition coefficient (Wildman–Crippen LogP) is 1.86. The summed E-state index contributed by atoms with van der Waals surface area (Å²) < 4.78 is 7.37. The number of thiazole rings is 1. The van der Waals surface area contributed by atoms with Crippen molar-refractivity contribution in [2.75, 3.05) is 31.7 Å². The van der Waals surface area contributed by atoms with E-state index in [4.69, 9.17) is 9.84 Å². The zero-order valence-electron chi connectivity index (χ0n) is 12.8. The average Bonchev–Trinajstić information content (AvgIpc) is 3.22. The molecule has 1 fully saturated rings. The van der Waals surface area contributed by atoms with Crippen LogP contribution in [0.4, 0.5) is 5.13 Å². The minimum Gasteiger partial charge on any atom is -0.390 e. The zero-order chi connectivity index (χ0) is 15.4. The number of aliphatic hydroxyl groups is 1. The standard InChI is InChI=1S/C15H22N4O2S/c1-21-9-8-18-7-4-16-14(18)12-2-5-19(6-3-12)15-17-13(10-20)11-22-15/h4,7,11-12,20H,2-3,5-6,8-10H2,1H3. The number of methoxy groups -OCH3 is 1. The van der Waals surface area contributed by atoms with Crippen LogP contribution in [-0.4, -0.2) is 46.4 Å². The van der Waals surface area contributed by atoms with Crippen molar-refractivity contribution >= 4 is 16.5 Å². The molecule has 22 heavy (non-hydrogen) atoms. The molecule has 0 spiro atoms. The summed E-state index contributed by atoms with van der Waals surface area (Å²) in [6.45, 7) is 3.56. The van der Waals surface area contributed by atoms with Crippen molar-refractivity contribution in [3.05, 3.63) is 29.3 Å². The highest BCUT2D eigenvalue weighted by Crippen LogP contribution is 2.31. The lowest BCUT2D eigenvalue weighted by molar-refractivity contribution is 0.185. The lowest BCUT2D eigenvalue weighted by atomic mass is 9.96. The van der Waals surface area contributed by atoms with Crippen LogP contribution in [0.15, 0.2) is 17.8 Å². The van der Waals surface area contributed by atoms with Crippen molar-refractivity contribution in [1.29, 1.82) is 0 Å². The number of aliphatic hydroxyl groups excluding tert-OH is 1. The van der Waals surface area contributed by atoms with E-state index in [0.717, 1.165) is 43.3 Å². The van der Waals surface area contributed by atoms with Crippen LogP contribution in [-0.2, 0) is 17.9 Å². The Labute approximate surface area is 134 Å². The van der Waals surface area contributed by atoms with Gasteiger partial charge in [0.2, 0.25) is 0 Å². The average molecular weight is 322 g/mol. The van der Waals surface area contributed by atoms with Gasteiger partial charge in [0, 0.05) is 50.4 Å². The minimum atomic E-state index is 0.0178. The summed E-state index contributed by atoms with van der Waals surface area (Å²) in [4.78, 5) is 11.3. The molecule has 0 aliphatic carbocycles. The highest BCUT2D eigenvalue weighted by Gasteiger charge is 2.25. The number of rotatable bonds is 6. The molecule has 1 saturated heterocycles. The molecule has 3 heterocycles. The van der Waals surface area contributed by atoms with E-state index >= 15 is 0 Å². The highest BCUT2D eigenvalue weighted by atomic mass is 32.1. The Morgan fingerprint density at radius 2 is 2.23 bits per heavy atom. The molecule has 0 radical (unpaired) electrons. The molecule has 0 bridgehead atoms. The van der Waals surface area contributed by atoms with Crippen molar-refractivity contribution in [3.8, 4) is 0 Å². The van der Waals surface area contributed by atoms with E-state index in [-0.39, 0.29) is 6.61 Å². The first-order valence-electron chi connectivity index (χ1n) is 7.62. The second kappa shape index (κ2) is 7.21. The molecule has 0 unspecified atom stereocenters. The summed E-state index contributed by atoms with van der Waals surface area (Å²) in [5, 5.41) is 12.1. The van der Waals surface area contributed by atoms with Crippen LogP contribution in [0.2, 0.25) is 0 Å². The Bertz CT molecular complexity index is 590. The van der Waals surface area contributed by atoms with E-state index in [1.807, 2.05) is 17.8 Å². The molecule has 1 N–H and O–H groups in total. The molecule has 0 aromatic carbocycles. The second-order valence-electron chi connectivity index (χ2n) is 5.51. The number of ether oxygens (including phenoxy) is 1. The molecular weight excluding hydrogens is 300 g/mol. The van der Waals surface area contributed by atoms with Gasteiger partial charge < -0.3 is 19.3 Å². The molecule has 2 aromatic heterocycles. The summed E-state index contributed by atoms with van der Waals surface area (Å²) in [7, 11) is 1.73. The van der Waals surface area contributed by atoms with E-state index in [2.05, 4.69) is 19.4 Å². The van der Waals surface area contributed by atoms with Crippen LogP contribution in [0, 0.1) is 0 Å². The molecule has 1 aliphatic heterocycles. The fourth-order valence-electron chi connectivity index (χ4n) is 2.90. The number of piperidine rings is 1. The van der Waals surface area contributed by atoms with Gasteiger partial charge in [0.05, 0.1) is 18.9 Å². The third-order valence-electron chi connectivity index (χ3n) is 4.12. The van der Waals surface area contributed by atoms with E-state index in [9.17, 15) is 0 Å². The van der Waals surface area contributed by atoms with Crippen LogP contribution in [0.5, 0.6) is 0 Å². The van der Waals surface area contributed by atoms with E-state index in [0.29, 0.717) is 12.5 Å². The first-order valence-corrected chi connectivity index (χ1v) is 8.50.